The largest absolute Gasteiger partial charge is 0.380 e. The average Bonchev–Trinajstić information content (AvgIpc) is 3.16. The lowest BCUT2D eigenvalue weighted by molar-refractivity contribution is 0.488. The summed E-state index contributed by atoms with van der Waals surface area (Å²) < 4.78 is 28.7. The third-order valence-corrected chi connectivity index (χ3v) is 5.06. The zero-order valence-electron chi connectivity index (χ0n) is 15.9. The number of anilines is 1. The number of benzene rings is 3. The fourth-order valence-electron chi connectivity index (χ4n) is 3.20. The highest BCUT2D eigenvalue weighted by Gasteiger charge is 2.13. The maximum absolute atomic E-state index is 11.1. The van der Waals surface area contributed by atoms with Gasteiger partial charge in [0, 0.05) is 12.6 Å². The third-order valence-electron chi connectivity index (χ3n) is 4.63. The molecule has 1 aromatic heterocycles. The first-order valence-electron chi connectivity index (χ1n) is 8.88. The van der Waals surface area contributed by atoms with Crippen LogP contribution < -0.4 is 14.3 Å². The third kappa shape index (κ3) is 3.82. The van der Waals surface area contributed by atoms with Crippen LogP contribution in [0.2, 0.25) is 0 Å². The molecule has 0 radical (unpaired) electrons. The molecule has 0 unspecified atom stereocenters. The summed E-state index contributed by atoms with van der Waals surface area (Å²) in [6.07, 6.45) is 1.74. The van der Waals surface area contributed by atoms with Crippen LogP contribution in [-0.4, -0.2) is 25.1 Å². The highest BCUT2D eigenvalue weighted by Crippen LogP contribution is 2.30. The van der Waals surface area contributed by atoms with E-state index in [0.717, 1.165) is 22.3 Å². The van der Waals surface area contributed by atoms with E-state index in [0.29, 0.717) is 11.1 Å². The average molecular weight is 419 g/mol. The molecule has 0 spiro atoms. The second-order valence-electron chi connectivity index (χ2n) is 6.54. The summed E-state index contributed by atoms with van der Waals surface area (Å²) in [5.74, 6) is 0.0953. The maximum atomic E-state index is 11.1. The molecule has 4 aromatic rings. The number of nitriles is 1. The zero-order valence-corrected chi connectivity index (χ0v) is 16.7. The Morgan fingerprint density at radius 1 is 1.10 bits per heavy atom. The zero-order chi connectivity index (χ0) is 21.3. The molecule has 0 aliphatic carbocycles. The summed E-state index contributed by atoms with van der Waals surface area (Å²) >= 11 is 0. The molecule has 0 aliphatic heterocycles. The molecule has 0 bridgehead atoms. The molecule has 150 valence electrons. The van der Waals surface area contributed by atoms with E-state index < -0.39 is 10.3 Å². The molecular weight excluding hydrogens is 402 g/mol. The Bertz CT molecular complexity index is 1370. The predicted molar refractivity (Wildman–Crippen MR) is 114 cm³/mol. The Balaban J connectivity index is 1.73. The van der Waals surface area contributed by atoms with E-state index in [1.807, 2.05) is 53.1 Å². The van der Waals surface area contributed by atoms with Gasteiger partial charge < -0.3 is 4.18 Å². The van der Waals surface area contributed by atoms with Gasteiger partial charge in [0.25, 0.3) is 0 Å². The van der Waals surface area contributed by atoms with Gasteiger partial charge >= 0.3 is 10.3 Å². The molecule has 0 amide bonds. The van der Waals surface area contributed by atoms with Crippen LogP contribution in [-0.2, 0) is 10.3 Å². The Hall–Kier alpha value is -3.87. The highest BCUT2D eigenvalue weighted by molar-refractivity contribution is 7.84. The first kappa shape index (κ1) is 19.4. The van der Waals surface area contributed by atoms with Gasteiger partial charge in [0.15, 0.2) is 0 Å². The van der Waals surface area contributed by atoms with Gasteiger partial charge in [-0.3, -0.25) is 5.01 Å². The van der Waals surface area contributed by atoms with E-state index >= 15 is 0 Å². The van der Waals surface area contributed by atoms with E-state index in [1.165, 1.54) is 12.1 Å². The van der Waals surface area contributed by atoms with Crippen molar-refractivity contribution in [2.45, 2.75) is 0 Å². The van der Waals surface area contributed by atoms with Crippen LogP contribution in [0.5, 0.6) is 5.75 Å². The van der Waals surface area contributed by atoms with Crippen molar-refractivity contribution in [3.63, 3.8) is 0 Å². The van der Waals surface area contributed by atoms with Gasteiger partial charge in [0.2, 0.25) is 0 Å². The van der Waals surface area contributed by atoms with E-state index in [9.17, 15) is 13.7 Å². The minimum absolute atomic E-state index is 0.0953. The monoisotopic (exact) mass is 419 g/mol. The van der Waals surface area contributed by atoms with E-state index in [4.69, 9.17) is 5.14 Å². The topological polar surface area (TPSA) is 114 Å². The van der Waals surface area contributed by atoms with Crippen LogP contribution in [0, 0.1) is 11.3 Å². The number of rotatable bonds is 5. The molecular formula is C21H17N5O3S. The van der Waals surface area contributed by atoms with E-state index in [1.54, 1.807) is 24.5 Å². The van der Waals surface area contributed by atoms with Crippen molar-refractivity contribution >= 4 is 27.0 Å². The highest BCUT2D eigenvalue weighted by atomic mass is 32.2. The molecule has 0 fully saturated rings. The molecule has 1 heterocycles. The van der Waals surface area contributed by atoms with Crippen molar-refractivity contribution in [1.29, 1.82) is 5.26 Å². The molecule has 0 atom stereocenters. The number of hydrogen-bond acceptors (Lipinski definition) is 6. The van der Waals surface area contributed by atoms with E-state index in [-0.39, 0.29) is 5.75 Å². The van der Waals surface area contributed by atoms with Gasteiger partial charge in [-0.1, -0.05) is 24.3 Å². The van der Waals surface area contributed by atoms with Crippen LogP contribution in [0.4, 0.5) is 5.69 Å². The van der Waals surface area contributed by atoms with Gasteiger partial charge in [-0.05, 0) is 48.0 Å². The molecule has 3 aromatic carbocycles. The summed E-state index contributed by atoms with van der Waals surface area (Å²) in [4.78, 5) is 4.41. The second-order valence-corrected chi connectivity index (χ2v) is 7.70. The first-order valence-corrected chi connectivity index (χ1v) is 10.4. The number of hydrogen-bond donors (Lipinski definition) is 1. The molecule has 0 aliphatic rings. The second kappa shape index (κ2) is 7.51. The molecule has 0 saturated heterocycles. The number of nitrogens with two attached hydrogens (primary N) is 1. The minimum atomic E-state index is -4.10. The molecule has 30 heavy (non-hydrogen) atoms. The van der Waals surface area contributed by atoms with Gasteiger partial charge in [-0.2, -0.15) is 18.8 Å². The van der Waals surface area contributed by atoms with Crippen molar-refractivity contribution in [3.8, 4) is 22.9 Å². The normalized spacial score (nSPS) is 11.2. The lowest BCUT2D eigenvalue weighted by Gasteiger charge is -2.22. The number of para-hydroxylation sites is 2. The van der Waals surface area contributed by atoms with Crippen LogP contribution in [0.15, 0.2) is 73.1 Å². The quantitative estimate of drug-likeness (QED) is 0.532. The Morgan fingerprint density at radius 3 is 2.53 bits per heavy atom. The summed E-state index contributed by atoms with van der Waals surface area (Å²) in [6, 6.07) is 21.8. The van der Waals surface area contributed by atoms with Crippen LogP contribution in [0.25, 0.3) is 22.2 Å². The fraction of sp³-hybridized carbons (Fsp3) is 0.0476. The van der Waals surface area contributed by atoms with Crippen LogP contribution in [0.1, 0.15) is 5.56 Å². The Kier molecular flexibility index (Phi) is 4.87. The van der Waals surface area contributed by atoms with Crippen LogP contribution >= 0.6 is 0 Å². The lowest BCUT2D eigenvalue weighted by atomic mass is 9.99. The fourth-order valence-corrected chi connectivity index (χ4v) is 3.58. The summed E-state index contributed by atoms with van der Waals surface area (Å²) in [5, 5.41) is 16.4. The number of imidazole rings is 1. The Morgan fingerprint density at radius 2 is 1.83 bits per heavy atom. The standard InChI is InChI=1S/C21H17N5O3S/c1-25(26-14-24-20-4-2-3-5-21(20)26)17-9-6-16(13-22)19(12-17)15-7-10-18(11-8-15)29-30(23,27)28/h2-12,14H,1H3,(H2,23,27,28). The van der Waals surface area contributed by atoms with Gasteiger partial charge in [0.05, 0.1) is 28.4 Å². The van der Waals surface area contributed by atoms with Crippen LogP contribution in [0.3, 0.4) is 0 Å². The lowest BCUT2D eigenvalue weighted by Crippen LogP contribution is -2.23. The van der Waals surface area contributed by atoms with Crippen molar-refractivity contribution in [3.05, 3.63) is 78.6 Å². The van der Waals surface area contributed by atoms with Crippen molar-refractivity contribution in [2.24, 2.45) is 5.14 Å². The predicted octanol–water partition coefficient (Wildman–Crippen LogP) is 3.06. The van der Waals surface area contributed by atoms with E-state index in [2.05, 4.69) is 15.2 Å². The summed E-state index contributed by atoms with van der Waals surface area (Å²) in [7, 11) is -2.19. The van der Waals surface area contributed by atoms with Gasteiger partial charge in [-0.25, -0.2) is 9.66 Å². The van der Waals surface area contributed by atoms with Crippen molar-refractivity contribution in [2.75, 3.05) is 12.1 Å². The summed E-state index contributed by atoms with van der Waals surface area (Å²) in [5.41, 5.74) is 4.60. The first-order chi connectivity index (χ1) is 14.4. The van der Waals surface area contributed by atoms with Gasteiger partial charge in [-0.15, -0.1) is 0 Å². The molecule has 9 heteroatoms. The molecule has 8 nitrogen and oxygen atoms in total. The Labute approximate surface area is 173 Å². The molecule has 0 saturated carbocycles. The van der Waals surface area contributed by atoms with Crippen molar-refractivity contribution < 1.29 is 12.6 Å². The summed E-state index contributed by atoms with van der Waals surface area (Å²) in [6.45, 7) is 0. The number of aromatic nitrogens is 2. The van der Waals surface area contributed by atoms with Gasteiger partial charge in [0.1, 0.15) is 12.1 Å². The number of nitrogens with zero attached hydrogens (tertiary/aromatic N) is 4. The number of fused-ring (bicyclic) bond motifs is 1. The van der Waals surface area contributed by atoms with Crippen molar-refractivity contribution in [1.82, 2.24) is 9.66 Å². The SMILES string of the molecule is CN(c1ccc(C#N)c(-c2ccc(OS(N)(=O)=O)cc2)c1)n1cnc2ccccc21. The minimum Gasteiger partial charge on any atom is -0.371 e. The smallest absolute Gasteiger partial charge is 0.371 e. The maximum Gasteiger partial charge on any atom is 0.380 e. The molecule has 2 N–H and O–H groups in total. The molecule has 4 rings (SSSR count).